The molecule has 54 valence electrons. The molecule has 1 rings (SSSR count). The third-order valence-electron chi connectivity index (χ3n) is 1.93. The average Bonchev–Trinajstić information content (AvgIpc) is 1.79. The molecule has 0 atom stereocenters. The van der Waals surface area contributed by atoms with Crippen molar-refractivity contribution >= 4 is 0 Å². The summed E-state index contributed by atoms with van der Waals surface area (Å²) in [5.74, 6) is 0. The summed E-state index contributed by atoms with van der Waals surface area (Å²) in [4.78, 5) is 0. The van der Waals surface area contributed by atoms with E-state index in [1.54, 1.807) is 7.11 Å². The Labute approximate surface area is 55.6 Å². The molecule has 0 radical (unpaired) electrons. The molecule has 0 aromatic carbocycles. The van der Waals surface area contributed by atoms with Crippen LogP contribution in [0.3, 0.4) is 0 Å². The van der Waals surface area contributed by atoms with Gasteiger partial charge >= 0.3 is 0 Å². The topological polar surface area (TPSA) is 47.3 Å². The Morgan fingerprint density at radius 3 is 2.44 bits per heavy atom. The minimum absolute atomic E-state index is 0.0781. The summed E-state index contributed by atoms with van der Waals surface area (Å²) in [6.45, 7) is 2.64. The highest BCUT2D eigenvalue weighted by atomic mass is 16.5. The maximum absolute atomic E-state index is 5.39. The minimum Gasteiger partial charge on any atom is -0.376 e. The van der Waals surface area contributed by atoms with E-state index < -0.39 is 0 Å². The predicted molar refractivity (Wildman–Crippen MR) is 36.3 cm³/mol. The van der Waals surface area contributed by atoms with E-state index in [1.807, 2.05) is 0 Å². The molecule has 3 N–H and O–H groups in total. The number of rotatable bonds is 3. The lowest BCUT2D eigenvalue weighted by atomic mass is 9.93. The summed E-state index contributed by atoms with van der Waals surface area (Å²) in [7, 11) is 1.75. The predicted octanol–water partition coefficient (Wildman–Crippen LogP) is -0.676. The molecule has 9 heavy (non-hydrogen) atoms. The second-order valence-corrected chi connectivity index (χ2v) is 2.53. The fourth-order valence-corrected chi connectivity index (χ4v) is 1.09. The fourth-order valence-electron chi connectivity index (χ4n) is 1.09. The lowest BCUT2D eigenvalue weighted by Crippen LogP contribution is -2.61. The number of ether oxygens (including phenoxy) is 1. The van der Waals surface area contributed by atoms with Crippen molar-refractivity contribution in [2.45, 2.75) is 12.0 Å². The molecule has 1 saturated heterocycles. The van der Waals surface area contributed by atoms with Gasteiger partial charge in [-0.2, -0.15) is 0 Å². The van der Waals surface area contributed by atoms with Crippen molar-refractivity contribution in [3.05, 3.63) is 0 Å². The first-order chi connectivity index (χ1) is 4.33. The van der Waals surface area contributed by atoms with Gasteiger partial charge in [-0.1, -0.05) is 0 Å². The van der Waals surface area contributed by atoms with Crippen LogP contribution in [0.15, 0.2) is 0 Å². The first kappa shape index (κ1) is 6.99. The summed E-state index contributed by atoms with van der Waals surface area (Å²) < 4.78 is 5.27. The number of hydrogen-bond acceptors (Lipinski definition) is 3. The number of nitrogens with one attached hydrogen (secondary N) is 1. The summed E-state index contributed by atoms with van der Waals surface area (Å²) >= 11 is 0. The Morgan fingerprint density at radius 2 is 2.33 bits per heavy atom. The van der Waals surface area contributed by atoms with Crippen LogP contribution in [0.4, 0.5) is 0 Å². The summed E-state index contributed by atoms with van der Waals surface area (Å²) in [6.07, 6.45) is 0.969. The van der Waals surface area contributed by atoms with E-state index in [9.17, 15) is 0 Å². The van der Waals surface area contributed by atoms with Crippen LogP contribution in [-0.2, 0) is 4.74 Å². The summed E-state index contributed by atoms with van der Waals surface area (Å²) in [6, 6.07) is 0. The monoisotopic (exact) mass is 130 g/mol. The van der Waals surface area contributed by atoms with E-state index in [4.69, 9.17) is 10.5 Å². The molecule has 0 amide bonds. The van der Waals surface area contributed by atoms with Crippen LogP contribution in [0, 0.1) is 0 Å². The third-order valence-corrected chi connectivity index (χ3v) is 1.93. The quantitative estimate of drug-likeness (QED) is 0.532. The lowest BCUT2D eigenvalue weighted by molar-refractivity contribution is -0.0550. The molecule has 1 aliphatic rings. The van der Waals surface area contributed by atoms with Crippen molar-refractivity contribution in [3.8, 4) is 0 Å². The molecule has 3 heteroatoms. The SMILES string of the molecule is COC1(CCN)CNC1. The fraction of sp³-hybridized carbons (Fsp3) is 1.00. The maximum atomic E-state index is 5.39. The van der Waals surface area contributed by atoms with Crippen molar-refractivity contribution in [2.75, 3.05) is 26.7 Å². The number of hydrogen-bond donors (Lipinski definition) is 2. The zero-order valence-electron chi connectivity index (χ0n) is 5.81. The minimum atomic E-state index is 0.0781. The molecular formula is C6H14N2O. The third kappa shape index (κ3) is 1.23. The second-order valence-electron chi connectivity index (χ2n) is 2.53. The van der Waals surface area contributed by atoms with Gasteiger partial charge in [-0.25, -0.2) is 0 Å². The molecule has 0 aliphatic carbocycles. The van der Waals surface area contributed by atoms with Gasteiger partial charge in [0.05, 0.1) is 5.60 Å². The van der Waals surface area contributed by atoms with Crippen molar-refractivity contribution in [3.63, 3.8) is 0 Å². The van der Waals surface area contributed by atoms with Crippen molar-refractivity contribution in [1.29, 1.82) is 0 Å². The highest BCUT2D eigenvalue weighted by molar-refractivity contribution is 4.94. The van der Waals surface area contributed by atoms with E-state index in [0.29, 0.717) is 0 Å². The van der Waals surface area contributed by atoms with E-state index in [2.05, 4.69) is 5.32 Å². The normalized spacial score (nSPS) is 23.3. The second kappa shape index (κ2) is 2.64. The molecular weight excluding hydrogens is 116 g/mol. The summed E-state index contributed by atoms with van der Waals surface area (Å²) in [5, 5.41) is 3.16. The average molecular weight is 130 g/mol. The van der Waals surface area contributed by atoms with Crippen LogP contribution in [0.5, 0.6) is 0 Å². The number of methoxy groups -OCH3 is 1. The van der Waals surface area contributed by atoms with Gasteiger partial charge in [0.2, 0.25) is 0 Å². The van der Waals surface area contributed by atoms with E-state index in [-0.39, 0.29) is 5.60 Å². The molecule has 0 aromatic heterocycles. The van der Waals surface area contributed by atoms with E-state index >= 15 is 0 Å². The van der Waals surface area contributed by atoms with Crippen LogP contribution < -0.4 is 11.1 Å². The molecule has 3 nitrogen and oxygen atoms in total. The van der Waals surface area contributed by atoms with Crippen LogP contribution in [-0.4, -0.2) is 32.3 Å². The van der Waals surface area contributed by atoms with Crippen molar-refractivity contribution in [2.24, 2.45) is 5.73 Å². The van der Waals surface area contributed by atoms with Crippen molar-refractivity contribution in [1.82, 2.24) is 5.32 Å². The number of nitrogens with two attached hydrogens (primary N) is 1. The maximum Gasteiger partial charge on any atom is 0.0937 e. The Hall–Kier alpha value is -0.120. The van der Waals surface area contributed by atoms with Crippen LogP contribution in [0.25, 0.3) is 0 Å². The Kier molecular flexibility index (Phi) is 2.05. The smallest absolute Gasteiger partial charge is 0.0937 e. The van der Waals surface area contributed by atoms with Crippen LogP contribution in [0.1, 0.15) is 6.42 Å². The van der Waals surface area contributed by atoms with Crippen LogP contribution >= 0.6 is 0 Å². The van der Waals surface area contributed by atoms with Gasteiger partial charge in [0, 0.05) is 20.2 Å². The molecule has 0 spiro atoms. The van der Waals surface area contributed by atoms with Gasteiger partial charge in [0.25, 0.3) is 0 Å². The van der Waals surface area contributed by atoms with Gasteiger partial charge in [-0.15, -0.1) is 0 Å². The molecule has 1 aliphatic heterocycles. The van der Waals surface area contributed by atoms with Crippen LogP contribution in [0.2, 0.25) is 0 Å². The highest BCUT2D eigenvalue weighted by Crippen LogP contribution is 2.18. The van der Waals surface area contributed by atoms with Gasteiger partial charge in [0.15, 0.2) is 0 Å². The zero-order valence-corrected chi connectivity index (χ0v) is 5.81. The van der Waals surface area contributed by atoms with Gasteiger partial charge in [-0.05, 0) is 13.0 Å². The molecule has 1 heterocycles. The highest BCUT2D eigenvalue weighted by Gasteiger charge is 2.35. The molecule has 0 bridgehead atoms. The molecule has 0 saturated carbocycles. The van der Waals surface area contributed by atoms with Gasteiger partial charge in [0.1, 0.15) is 0 Å². The molecule has 1 fully saturated rings. The van der Waals surface area contributed by atoms with Gasteiger partial charge in [-0.3, -0.25) is 0 Å². The largest absolute Gasteiger partial charge is 0.376 e. The zero-order chi connectivity index (χ0) is 6.74. The lowest BCUT2D eigenvalue weighted by Gasteiger charge is -2.41. The van der Waals surface area contributed by atoms with Gasteiger partial charge < -0.3 is 15.8 Å². The van der Waals surface area contributed by atoms with E-state index in [0.717, 1.165) is 26.1 Å². The first-order valence-electron chi connectivity index (χ1n) is 3.29. The Bertz CT molecular complexity index is 85.5. The molecule has 0 aromatic rings. The first-order valence-corrected chi connectivity index (χ1v) is 3.29. The Balaban J connectivity index is 2.28. The Morgan fingerprint density at radius 1 is 1.67 bits per heavy atom. The van der Waals surface area contributed by atoms with E-state index in [1.165, 1.54) is 0 Å². The molecule has 0 unspecified atom stereocenters. The summed E-state index contributed by atoms with van der Waals surface area (Å²) in [5.41, 5.74) is 5.47. The van der Waals surface area contributed by atoms with Crippen molar-refractivity contribution < 1.29 is 4.74 Å². The standard InChI is InChI=1S/C6H14N2O/c1-9-6(2-3-7)4-8-5-6/h8H,2-5,7H2,1H3.